The lowest BCUT2D eigenvalue weighted by Crippen LogP contribution is -2.29. The molecular formula is C17H21N7O. The molecule has 3 aromatic heterocycles. The molecule has 25 heavy (non-hydrogen) atoms. The third kappa shape index (κ3) is 4.43. The van der Waals surface area contributed by atoms with Crippen molar-refractivity contribution >= 4 is 11.7 Å². The molecule has 0 spiro atoms. The highest BCUT2D eigenvalue weighted by molar-refractivity contribution is 5.88. The summed E-state index contributed by atoms with van der Waals surface area (Å²) in [4.78, 5) is 20.6. The van der Waals surface area contributed by atoms with Crippen LogP contribution in [0, 0.1) is 5.92 Å². The molecule has 2 amide bonds. The van der Waals surface area contributed by atoms with Crippen LogP contribution in [0.2, 0.25) is 0 Å². The topological polar surface area (TPSA) is 89.7 Å². The second-order valence-electron chi connectivity index (χ2n) is 6.06. The molecule has 8 nitrogen and oxygen atoms in total. The third-order valence-electron chi connectivity index (χ3n) is 3.50. The summed E-state index contributed by atoms with van der Waals surface area (Å²) in [6.45, 7) is 5.52. The number of aromatic nitrogens is 5. The Morgan fingerprint density at radius 3 is 2.88 bits per heavy atom. The predicted octanol–water partition coefficient (Wildman–Crippen LogP) is 2.44. The maximum atomic E-state index is 12.1. The molecule has 3 aromatic rings. The van der Waals surface area contributed by atoms with E-state index in [9.17, 15) is 4.79 Å². The van der Waals surface area contributed by atoms with Crippen molar-refractivity contribution in [1.29, 1.82) is 0 Å². The number of amides is 2. The number of hydrogen-bond donors (Lipinski definition) is 2. The number of nitrogens with one attached hydrogen (secondary N) is 2. The van der Waals surface area contributed by atoms with Crippen molar-refractivity contribution in [2.24, 2.45) is 5.92 Å². The fourth-order valence-corrected chi connectivity index (χ4v) is 2.40. The first-order valence-corrected chi connectivity index (χ1v) is 8.13. The number of imidazole rings is 1. The van der Waals surface area contributed by atoms with Crippen molar-refractivity contribution in [1.82, 2.24) is 29.6 Å². The highest BCUT2D eigenvalue weighted by Gasteiger charge is 2.08. The lowest BCUT2D eigenvalue weighted by molar-refractivity contribution is 0.251. The normalized spacial score (nSPS) is 10.8. The number of nitrogens with zero attached hydrogens (tertiary/aromatic N) is 5. The molecule has 3 rings (SSSR count). The Labute approximate surface area is 145 Å². The van der Waals surface area contributed by atoms with Gasteiger partial charge in [-0.05, 0) is 18.1 Å². The Kier molecular flexibility index (Phi) is 5.08. The zero-order chi connectivity index (χ0) is 17.6. The summed E-state index contributed by atoms with van der Waals surface area (Å²) in [6.07, 6.45) is 8.64. The monoisotopic (exact) mass is 339 g/mol. The van der Waals surface area contributed by atoms with Gasteiger partial charge in [0.25, 0.3) is 0 Å². The molecular weight excluding hydrogens is 318 g/mol. The van der Waals surface area contributed by atoms with Gasteiger partial charge in [0.2, 0.25) is 0 Å². The van der Waals surface area contributed by atoms with E-state index in [4.69, 9.17) is 0 Å². The Morgan fingerprint density at radius 2 is 2.12 bits per heavy atom. The largest absolute Gasteiger partial charge is 0.333 e. The number of hydrogen-bond acceptors (Lipinski definition) is 4. The van der Waals surface area contributed by atoms with Gasteiger partial charge in [-0.2, -0.15) is 5.10 Å². The highest BCUT2D eigenvalue weighted by atomic mass is 16.2. The fourth-order valence-electron chi connectivity index (χ4n) is 2.40. The average Bonchev–Trinajstić information content (AvgIpc) is 3.23. The number of urea groups is 1. The number of anilines is 1. The molecule has 0 atom stereocenters. The van der Waals surface area contributed by atoms with Crippen LogP contribution in [0.3, 0.4) is 0 Å². The molecule has 0 unspecified atom stereocenters. The number of pyridine rings is 1. The maximum absolute atomic E-state index is 12.1. The number of carbonyl (C=O) groups is 1. The van der Waals surface area contributed by atoms with E-state index in [0.29, 0.717) is 24.0 Å². The minimum absolute atomic E-state index is 0.306. The molecule has 0 aliphatic heterocycles. The summed E-state index contributed by atoms with van der Waals surface area (Å²) < 4.78 is 3.65. The summed E-state index contributed by atoms with van der Waals surface area (Å²) >= 11 is 0. The summed E-state index contributed by atoms with van der Waals surface area (Å²) in [6, 6.07) is 5.25. The summed E-state index contributed by atoms with van der Waals surface area (Å²) in [5.41, 5.74) is 0.591. The van der Waals surface area contributed by atoms with E-state index in [-0.39, 0.29) is 6.03 Å². The van der Waals surface area contributed by atoms with E-state index in [0.717, 1.165) is 12.4 Å². The predicted molar refractivity (Wildman–Crippen MR) is 94.3 cm³/mol. The van der Waals surface area contributed by atoms with Crippen molar-refractivity contribution < 1.29 is 4.79 Å². The molecule has 0 aliphatic carbocycles. The van der Waals surface area contributed by atoms with Crippen LogP contribution in [-0.4, -0.2) is 30.3 Å². The first-order chi connectivity index (χ1) is 12.1. The van der Waals surface area contributed by atoms with E-state index >= 15 is 0 Å². The second kappa shape index (κ2) is 7.61. The van der Waals surface area contributed by atoms with Gasteiger partial charge in [-0.1, -0.05) is 19.9 Å². The van der Waals surface area contributed by atoms with E-state index < -0.39 is 0 Å². The van der Waals surface area contributed by atoms with Gasteiger partial charge in [0.05, 0.1) is 24.6 Å². The maximum Gasteiger partial charge on any atom is 0.319 e. The molecule has 8 heteroatoms. The van der Waals surface area contributed by atoms with Gasteiger partial charge in [0.15, 0.2) is 5.82 Å². The van der Waals surface area contributed by atoms with E-state index in [2.05, 4.69) is 39.5 Å². The van der Waals surface area contributed by atoms with E-state index in [1.54, 1.807) is 29.5 Å². The fraction of sp³-hybridized carbons (Fsp3) is 0.294. The molecule has 0 aliphatic rings. The first kappa shape index (κ1) is 16.7. The van der Waals surface area contributed by atoms with Crippen molar-refractivity contribution in [3.63, 3.8) is 0 Å². The smallest absolute Gasteiger partial charge is 0.319 e. The Balaban J connectivity index is 1.55. The Morgan fingerprint density at radius 1 is 1.24 bits per heavy atom. The van der Waals surface area contributed by atoms with Crippen LogP contribution in [0.5, 0.6) is 0 Å². The molecule has 0 saturated carbocycles. The minimum atomic E-state index is -0.306. The molecule has 0 bridgehead atoms. The Hall–Kier alpha value is -3.16. The number of carbonyl (C=O) groups excluding carboxylic acids is 1. The van der Waals surface area contributed by atoms with Crippen molar-refractivity contribution in [3.8, 4) is 5.82 Å². The van der Waals surface area contributed by atoms with Crippen LogP contribution >= 0.6 is 0 Å². The van der Waals surface area contributed by atoms with Crippen molar-refractivity contribution in [2.45, 2.75) is 26.9 Å². The van der Waals surface area contributed by atoms with E-state index in [1.807, 2.05) is 29.0 Å². The van der Waals surface area contributed by atoms with Gasteiger partial charge in [-0.25, -0.2) is 19.4 Å². The van der Waals surface area contributed by atoms with E-state index in [1.165, 1.54) is 0 Å². The van der Waals surface area contributed by atoms with Gasteiger partial charge in [0, 0.05) is 25.1 Å². The average molecular weight is 339 g/mol. The zero-order valence-electron chi connectivity index (χ0n) is 14.3. The molecule has 2 N–H and O–H groups in total. The summed E-state index contributed by atoms with van der Waals surface area (Å²) in [5, 5.41) is 9.76. The van der Waals surface area contributed by atoms with Gasteiger partial charge >= 0.3 is 6.03 Å². The highest BCUT2D eigenvalue weighted by Crippen LogP contribution is 2.09. The van der Waals surface area contributed by atoms with Gasteiger partial charge in [0.1, 0.15) is 5.82 Å². The van der Waals surface area contributed by atoms with Crippen molar-refractivity contribution in [3.05, 3.63) is 55.0 Å². The van der Waals surface area contributed by atoms with Gasteiger partial charge in [-0.3, -0.25) is 0 Å². The summed E-state index contributed by atoms with van der Waals surface area (Å²) in [7, 11) is 0. The van der Waals surface area contributed by atoms with Gasteiger partial charge < -0.3 is 15.2 Å². The quantitative estimate of drug-likeness (QED) is 0.722. The van der Waals surface area contributed by atoms with Crippen LogP contribution in [-0.2, 0) is 13.1 Å². The van der Waals surface area contributed by atoms with Crippen LogP contribution < -0.4 is 10.6 Å². The van der Waals surface area contributed by atoms with Crippen LogP contribution in [0.4, 0.5) is 10.5 Å². The van der Waals surface area contributed by atoms with Crippen LogP contribution in [0.25, 0.3) is 5.82 Å². The van der Waals surface area contributed by atoms with Gasteiger partial charge in [-0.15, -0.1) is 0 Å². The standard InChI is InChI=1S/C17H21N7O/c1-13(2)11-23-8-7-19-16(23)10-20-17(25)22-14-9-21-24(12-14)15-5-3-4-6-18-15/h3-9,12-13H,10-11H2,1-2H3,(H2,20,22,25). The zero-order valence-corrected chi connectivity index (χ0v) is 14.3. The molecule has 0 radical (unpaired) electrons. The lowest BCUT2D eigenvalue weighted by Gasteiger charge is -2.11. The molecule has 0 saturated heterocycles. The second-order valence-corrected chi connectivity index (χ2v) is 6.06. The molecule has 0 fully saturated rings. The minimum Gasteiger partial charge on any atom is -0.333 e. The summed E-state index contributed by atoms with van der Waals surface area (Å²) in [5.74, 6) is 2.03. The molecule has 0 aromatic carbocycles. The lowest BCUT2D eigenvalue weighted by atomic mass is 10.2. The number of rotatable bonds is 6. The van der Waals surface area contributed by atoms with Crippen molar-refractivity contribution in [2.75, 3.05) is 5.32 Å². The molecule has 3 heterocycles. The van der Waals surface area contributed by atoms with Crippen LogP contribution in [0.15, 0.2) is 49.2 Å². The Bertz CT molecular complexity index is 822. The van der Waals surface area contributed by atoms with Crippen LogP contribution in [0.1, 0.15) is 19.7 Å². The first-order valence-electron chi connectivity index (χ1n) is 8.13. The molecule has 130 valence electrons. The SMILES string of the molecule is CC(C)Cn1ccnc1CNC(=O)Nc1cnn(-c2ccccn2)c1. The third-order valence-corrected chi connectivity index (χ3v) is 3.50.